The number of hydrogen-bond acceptors (Lipinski definition) is 4. The summed E-state index contributed by atoms with van der Waals surface area (Å²) in [6, 6.07) is 1.84. The number of rotatable bonds is 4. The summed E-state index contributed by atoms with van der Waals surface area (Å²) < 4.78 is 5.01. The molecule has 1 aromatic rings. The van der Waals surface area contributed by atoms with Gasteiger partial charge in [0.1, 0.15) is 11.5 Å². The standard InChI is InChI=1S/C11H18N2O2S/c1-7-6-9(13-15-7)11(3,4)12-10(14)8(2)16-5/h6,8H,1-5H3,(H,12,14). The van der Waals surface area contributed by atoms with Gasteiger partial charge >= 0.3 is 0 Å². The summed E-state index contributed by atoms with van der Waals surface area (Å²) in [5, 5.41) is 6.82. The fourth-order valence-corrected chi connectivity index (χ4v) is 1.51. The molecule has 1 rings (SSSR count). The number of carbonyl (C=O) groups excluding carboxylic acids is 1. The Labute approximate surface area is 100 Å². The molecule has 0 spiro atoms. The van der Waals surface area contributed by atoms with Gasteiger partial charge in [-0.25, -0.2) is 0 Å². The lowest BCUT2D eigenvalue weighted by atomic mass is 10.0. The fourth-order valence-electron chi connectivity index (χ4n) is 1.24. The second kappa shape index (κ2) is 4.91. The number of hydrogen-bond donors (Lipinski definition) is 1. The maximum absolute atomic E-state index is 11.8. The summed E-state index contributed by atoms with van der Waals surface area (Å²) in [4.78, 5) is 11.8. The Balaban J connectivity index is 2.75. The van der Waals surface area contributed by atoms with Gasteiger partial charge in [-0.3, -0.25) is 4.79 Å². The van der Waals surface area contributed by atoms with Crippen LogP contribution in [0.4, 0.5) is 0 Å². The van der Waals surface area contributed by atoms with Crippen molar-refractivity contribution >= 4 is 17.7 Å². The molecule has 0 aliphatic carbocycles. The van der Waals surface area contributed by atoms with Crippen LogP contribution in [0.1, 0.15) is 32.2 Å². The third kappa shape index (κ3) is 3.01. The monoisotopic (exact) mass is 242 g/mol. The lowest BCUT2D eigenvalue weighted by molar-refractivity contribution is -0.122. The number of nitrogens with one attached hydrogen (secondary N) is 1. The van der Waals surface area contributed by atoms with E-state index in [9.17, 15) is 4.79 Å². The van der Waals surface area contributed by atoms with Crippen LogP contribution >= 0.6 is 11.8 Å². The molecule has 0 aliphatic rings. The van der Waals surface area contributed by atoms with Crippen LogP contribution in [0.15, 0.2) is 10.6 Å². The summed E-state index contributed by atoms with van der Waals surface area (Å²) >= 11 is 1.52. The molecule has 0 aliphatic heterocycles. The number of amides is 1. The first-order valence-electron chi connectivity index (χ1n) is 5.15. The minimum atomic E-state index is -0.501. The van der Waals surface area contributed by atoms with Gasteiger partial charge < -0.3 is 9.84 Å². The number of aryl methyl sites for hydroxylation is 1. The molecule has 1 heterocycles. The molecule has 1 aromatic heterocycles. The van der Waals surface area contributed by atoms with E-state index in [4.69, 9.17) is 4.52 Å². The van der Waals surface area contributed by atoms with Gasteiger partial charge in [-0.1, -0.05) is 5.16 Å². The average molecular weight is 242 g/mol. The van der Waals surface area contributed by atoms with Crippen LogP contribution in [0.3, 0.4) is 0 Å². The molecule has 1 unspecified atom stereocenters. The Kier molecular flexibility index (Phi) is 4.02. The highest BCUT2D eigenvalue weighted by Gasteiger charge is 2.28. The number of thioether (sulfide) groups is 1. The van der Waals surface area contributed by atoms with Crippen molar-refractivity contribution in [2.75, 3.05) is 6.26 Å². The van der Waals surface area contributed by atoms with Crippen molar-refractivity contribution in [3.63, 3.8) is 0 Å². The molecule has 1 amide bonds. The molecule has 0 radical (unpaired) electrons. The van der Waals surface area contributed by atoms with E-state index < -0.39 is 5.54 Å². The Morgan fingerprint density at radius 3 is 2.69 bits per heavy atom. The topological polar surface area (TPSA) is 55.1 Å². The highest BCUT2D eigenvalue weighted by Crippen LogP contribution is 2.20. The zero-order valence-corrected chi connectivity index (χ0v) is 11.1. The van der Waals surface area contributed by atoms with Gasteiger partial charge in [0.05, 0.1) is 10.8 Å². The van der Waals surface area contributed by atoms with Crippen molar-refractivity contribution in [3.05, 3.63) is 17.5 Å². The minimum Gasteiger partial charge on any atom is -0.361 e. The van der Waals surface area contributed by atoms with Crippen molar-refractivity contribution in [1.29, 1.82) is 0 Å². The smallest absolute Gasteiger partial charge is 0.233 e. The molecule has 0 saturated heterocycles. The Morgan fingerprint density at radius 2 is 2.25 bits per heavy atom. The lowest BCUT2D eigenvalue weighted by Crippen LogP contribution is -2.44. The molecule has 4 nitrogen and oxygen atoms in total. The van der Waals surface area contributed by atoms with E-state index in [-0.39, 0.29) is 11.2 Å². The third-order valence-electron chi connectivity index (χ3n) is 2.43. The first-order valence-corrected chi connectivity index (χ1v) is 6.44. The van der Waals surface area contributed by atoms with E-state index in [0.717, 1.165) is 11.5 Å². The van der Waals surface area contributed by atoms with E-state index in [0.29, 0.717) is 0 Å². The van der Waals surface area contributed by atoms with Gasteiger partial charge in [0.2, 0.25) is 5.91 Å². The highest BCUT2D eigenvalue weighted by molar-refractivity contribution is 7.99. The van der Waals surface area contributed by atoms with Crippen molar-refractivity contribution in [2.24, 2.45) is 0 Å². The van der Waals surface area contributed by atoms with Crippen molar-refractivity contribution in [1.82, 2.24) is 10.5 Å². The quantitative estimate of drug-likeness (QED) is 0.878. The number of aromatic nitrogens is 1. The maximum atomic E-state index is 11.8. The van der Waals surface area contributed by atoms with Gasteiger partial charge in [0.15, 0.2) is 0 Å². The van der Waals surface area contributed by atoms with Crippen LogP contribution in [0, 0.1) is 6.92 Å². The zero-order valence-electron chi connectivity index (χ0n) is 10.3. The van der Waals surface area contributed by atoms with Gasteiger partial charge in [-0.15, -0.1) is 0 Å². The van der Waals surface area contributed by atoms with E-state index in [1.807, 2.05) is 40.0 Å². The van der Waals surface area contributed by atoms with Gasteiger partial charge in [-0.05, 0) is 34.0 Å². The molecule has 0 bridgehead atoms. The molecule has 1 N–H and O–H groups in total. The predicted molar refractivity (Wildman–Crippen MR) is 65.4 cm³/mol. The molecule has 0 fully saturated rings. The van der Waals surface area contributed by atoms with Crippen molar-refractivity contribution in [3.8, 4) is 0 Å². The Morgan fingerprint density at radius 1 is 1.62 bits per heavy atom. The maximum Gasteiger partial charge on any atom is 0.233 e. The summed E-state index contributed by atoms with van der Waals surface area (Å²) in [5.41, 5.74) is 0.241. The first-order chi connectivity index (χ1) is 7.36. The average Bonchev–Trinajstić information content (AvgIpc) is 2.63. The van der Waals surface area contributed by atoms with Crippen LogP contribution in [0.2, 0.25) is 0 Å². The Hall–Kier alpha value is -0.970. The van der Waals surface area contributed by atoms with E-state index >= 15 is 0 Å². The Bertz CT molecular complexity index is 374. The molecule has 5 heteroatoms. The van der Waals surface area contributed by atoms with Gasteiger partial charge in [0, 0.05) is 6.07 Å². The van der Waals surface area contributed by atoms with E-state index in [1.165, 1.54) is 11.8 Å². The van der Waals surface area contributed by atoms with E-state index in [2.05, 4.69) is 10.5 Å². The number of nitrogens with zero attached hydrogens (tertiary/aromatic N) is 1. The summed E-state index contributed by atoms with van der Waals surface area (Å²) in [6.07, 6.45) is 1.91. The van der Waals surface area contributed by atoms with Crippen LogP contribution < -0.4 is 5.32 Å². The highest BCUT2D eigenvalue weighted by atomic mass is 32.2. The second-order valence-electron chi connectivity index (χ2n) is 4.31. The minimum absolute atomic E-state index is 0.0122. The van der Waals surface area contributed by atoms with Crippen LogP contribution in [0.25, 0.3) is 0 Å². The van der Waals surface area contributed by atoms with Crippen molar-refractivity contribution < 1.29 is 9.32 Å². The van der Waals surface area contributed by atoms with Crippen molar-refractivity contribution in [2.45, 2.75) is 38.5 Å². The predicted octanol–water partition coefficient (Wildman–Crippen LogP) is 2.09. The summed E-state index contributed by atoms with van der Waals surface area (Å²) in [5.74, 6) is 0.758. The number of carbonyl (C=O) groups is 1. The molecule has 90 valence electrons. The molecule has 1 atom stereocenters. The van der Waals surface area contributed by atoms with Gasteiger partial charge in [0.25, 0.3) is 0 Å². The molecular weight excluding hydrogens is 224 g/mol. The van der Waals surface area contributed by atoms with Crippen LogP contribution in [-0.4, -0.2) is 22.6 Å². The second-order valence-corrected chi connectivity index (χ2v) is 5.49. The largest absolute Gasteiger partial charge is 0.361 e. The van der Waals surface area contributed by atoms with Crippen LogP contribution in [-0.2, 0) is 10.3 Å². The normalized spacial score (nSPS) is 13.6. The summed E-state index contributed by atoms with van der Waals surface area (Å²) in [6.45, 7) is 7.54. The summed E-state index contributed by atoms with van der Waals surface area (Å²) in [7, 11) is 0. The molecule has 16 heavy (non-hydrogen) atoms. The van der Waals surface area contributed by atoms with E-state index in [1.54, 1.807) is 0 Å². The SMILES string of the molecule is CSC(C)C(=O)NC(C)(C)c1cc(C)on1. The first kappa shape index (κ1) is 13.1. The van der Waals surface area contributed by atoms with Gasteiger partial charge in [-0.2, -0.15) is 11.8 Å². The molecule has 0 aromatic carbocycles. The van der Waals surface area contributed by atoms with Crippen LogP contribution in [0.5, 0.6) is 0 Å². The molecular formula is C11H18N2O2S. The lowest BCUT2D eigenvalue weighted by Gasteiger charge is -2.25. The third-order valence-corrected chi connectivity index (χ3v) is 3.35. The molecule has 0 saturated carbocycles. The fraction of sp³-hybridized carbons (Fsp3) is 0.636. The zero-order chi connectivity index (χ0) is 12.3.